The summed E-state index contributed by atoms with van der Waals surface area (Å²) >= 11 is 5.21. The molecule has 90 valence electrons. The summed E-state index contributed by atoms with van der Waals surface area (Å²) in [5.41, 5.74) is 1.50. The van der Waals surface area contributed by atoms with Gasteiger partial charge in [0, 0.05) is 26.0 Å². The zero-order valence-electron chi connectivity index (χ0n) is 9.31. The first-order valence-corrected chi connectivity index (χ1v) is 7.02. The molecule has 0 radical (unpaired) electrons. The molecule has 5 heteroatoms. The highest BCUT2D eigenvalue weighted by atomic mass is 79.9. The van der Waals surface area contributed by atoms with Crippen LogP contribution in [0.4, 0.5) is 0 Å². The predicted molar refractivity (Wildman–Crippen MR) is 76.3 cm³/mol. The molecule has 1 N–H and O–H groups in total. The molecule has 3 aromatic rings. The number of nitrogens with one attached hydrogen (secondary N) is 1. The van der Waals surface area contributed by atoms with E-state index in [4.69, 9.17) is 0 Å². The van der Waals surface area contributed by atoms with Crippen LogP contribution < -0.4 is 0 Å². The van der Waals surface area contributed by atoms with Crippen LogP contribution in [0.15, 0.2) is 34.9 Å². The van der Waals surface area contributed by atoms with E-state index < -0.39 is 0 Å². The number of thiophene rings is 1. The molecular weight excluding hydrogens is 312 g/mol. The molecule has 0 unspecified atom stereocenters. The van der Waals surface area contributed by atoms with Crippen molar-refractivity contribution in [3.05, 3.63) is 51.1 Å². The van der Waals surface area contributed by atoms with Gasteiger partial charge >= 0.3 is 0 Å². The Balaban J connectivity index is 1.98. The van der Waals surface area contributed by atoms with E-state index in [0.29, 0.717) is 5.69 Å². The lowest BCUT2D eigenvalue weighted by Gasteiger charge is -1.93. The maximum Gasteiger partial charge on any atom is 0.168 e. The number of halogens is 1. The van der Waals surface area contributed by atoms with Crippen molar-refractivity contribution >= 4 is 43.6 Å². The number of rotatable bonds is 3. The largest absolute Gasteiger partial charge is 0.296 e. The Kier molecular flexibility index (Phi) is 3.01. The lowest BCUT2D eigenvalue weighted by molar-refractivity contribution is 0.111. The molecule has 0 aliphatic heterocycles. The number of carbonyl (C=O) groups is 1. The zero-order valence-corrected chi connectivity index (χ0v) is 11.7. The smallest absolute Gasteiger partial charge is 0.168 e. The van der Waals surface area contributed by atoms with Crippen molar-refractivity contribution in [2.45, 2.75) is 6.42 Å². The van der Waals surface area contributed by atoms with Gasteiger partial charge in [-0.2, -0.15) is 5.10 Å². The Morgan fingerprint density at radius 2 is 2.28 bits per heavy atom. The van der Waals surface area contributed by atoms with Crippen molar-refractivity contribution in [2.75, 3.05) is 0 Å². The van der Waals surface area contributed by atoms with Crippen molar-refractivity contribution in [1.29, 1.82) is 0 Å². The Morgan fingerprint density at radius 3 is 3.11 bits per heavy atom. The molecule has 0 spiro atoms. The third-order valence-electron chi connectivity index (χ3n) is 2.76. The SMILES string of the molecule is O=Cc1[nH]ncc1Cc1cc2cc(Br)ccc2s1. The molecule has 0 bridgehead atoms. The van der Waals surface area contributed by atoms with Gasteiger partial charge in [0.1, 0.15) is 5.69 Å². The Hall–Kier alpha value is -1.46. The maximum atomic E-state index is 10.8. The third-order valence-corrected chi connectivity index (χ3v) is 4.37. The van der Waals surface area contributed by atoms with Gasteiger partial charge in [0.2, 0.25) is 0 Å². The summed E-state index contributed by atoms with van der Waals surface area (Å²) < 4.78 is 2.33. The Bertz CT molecular complexity index is 717. The molecule has 0 saturated heterocycles. The van der Waals surface area contributed by atoms with Crippen LogP contribution in [0.25, 0.3) is 10.1 Å². The number of hydrogen-bond donors (Lipinski definition) is 1. The molecule has 3 nitrogen and oxygen atoms in total. The van der Waals surface area contributed by atoms with E-state index >= 15 is 0 Å². The first-order valence-electron chi connectivity index (χ1n) is 5.41. The quantitative estimate of drug-likeness (QED) is 0.746. The zero-order chi connectivity index (χ0) is 12.5. The first-order chi connectivity index (χ1) is 8.76. The second-order valence-corrected chi connectivity index (χ2v) is 6.08. The van der Waals surface area contributed by atoms with Crippen LogP contribution in [-0.4, -0.2) is 16.5 Å². The number of aromatic nitrogens is 2. The summed E-state index contributed by atoms with van der Waals surface area (Å²) in [6.45, 7) is 0. The number of aromatic amines is 1. The minimum absolute atomic E-state index is 0.564. The molecule has 0 aliphatic carbocycles. The highest BCUT2D eigenvalue weighted by Gasteiger charge is 2.08. The summed E-state index contributed by atoms with van der Waals surface area (Å²) in [5, 5.41) is 7.82. The average Bonchev–Trinajstić information content (AvgIpc) is 2.94. The lowest BCUT2D eigenvalue weighted by Crippen LogP contribution is -1.89. The fraction of sp³-hybridized carbons (Fsp3) is 0.0769. The first kappa shape index (κ1) is 11.6. The van der Waals surface area contributed by atoms with E-state index in [1.165, 1.54) is 15.0 Å². The topological polar surface area (TPSA) is 45.8 Å². The molecule has 1 aromatic carbocycles. The second-order valence-electron chi connectivity index (χ2n) is 4.00. The summed E-state index contributed by atoms with van der Waals surface area (Å²) in [6.07, 6.45) is 3.26. The van der Waals surface area contributed by atoms with Gasteiger partial charge in [0.05, 0.1) is 6.20 Å². The van der Waals surface area contributed by atoms with Gasteiger partial charge in [-0.3, -0.25) is 9.89 Å². The van der Waals surface area contributed by atoms with Crippen molar-refractivity contribution in [1.82, 2.24) is 10.2 Å². The summed E-state index contributed by atoms with van der Waals surface area (Å²) in [4.78, 5) is 12.1. The Labute approximate surface area is 116 Å². The molecule has 2 aromatic heterocycles. The fourth-order valence-electron chi connectivity index (χ4n) is 1.91. The molecule has 0 atom stereocenters. The molecule has 0 aliphatic rings. The molecule has 2 heterocycles. The van der Waals surface area contributed by atoms with E-state index in [2.05, 4.69) is 44.3 Å². The predicted octanol–water partition coefficient (Wildman–Crippen LogP) is 3.79. The second kappa shape index (κ2) is 4.66. The van der Waals surface area contributed by atoms with Crippen LogP contribution in [-0.2, 0) is 6.42 Å². The standard InChI is InChI=1S/C13H9BrN2OS/c14-10-1-2-13-8(3-10)4-11(18-13)5-9-6-15-16-12(9)7-17/h1-4,6-7H,5H2,(H,15,16). The van der Waals surface area contributed by atoms with Gasteiger partial charge in [-0.1, -0.05) is 15.9 Å². The van der Waals surface area contributed by atoms with Crippen LogP contribution in [0.5, 0.6) is 0 Å². The number of hydrogen-bond acceptors (Lipinski definition) is 3. The van der Waals surface area contributed by atoms with E-state index in [1.807, 2.05) is 6.07 Å². The number of carbonyl (C=O) groups excluding carboxylic acids is 1. The maximum absolute atomic E-state index is 10.8. The molecule has 3 rings (SSSR count). The van der Waals surface area contributed by atoms with Crippen molar-refractivity contribution in [2.24, 2.45) is 0 Å². The minimum Gasteiger partial charge on any atom is -0.296 e. The van der Waals surface area contributed by atoms with Crippen LogP contribution in [0.1, 0.15) is 20.9 Å². The Morgan fingerprint density at radius 1 is 1.39 bits per heavy atom. The van der Waals surface area contributed by atoms with E-state index in [1.54, 1.807) is 17.5 Å². The summed E-state index contributed by atoms with van der Waals surface area (Å²) in [5.74, 6) is 0. The number of aldehydes is 1. The van der Waals surface area contributed by atoms with E-state index in [-0.39, 0.29) is 0 Å². The summed E-state index contributed by atoms with van der Waals surface area (Å²) in [7, 11) is 0. The van der Waals surface area contributed by atoms with Crippen LogP contribution in [0.2, 0.25) is 0 Å². The number of H-pyrrole nitrogens is 1. The van der Waals surface area contributed by atoms with Gasteiger partial charge in [-0.25, -0.2) is 0 Å². The summed E-state index contributed by atoms with van der Waals surface area (Å²) in [6, 6.07) is 8.40. The molecule has 0 saturated carbocycles. The van der Waals surface area contributed by atoms with Crippen LogP contribution in [0.3, 0.4) is 0 Å². The average molecular weight is 321 g/mol. The van der Waals surface area contributed by atoms with Crippen molar-refractivity contribution in [3.63, 3.8) is 0 Å². The van der Waals surface area contributed by atoms with Crippen LogP contribution >= 0.6 is 27.3 Å². The van der Waals surface area contributed by atoms with Gasteiger partial charge < -0.3 is 0 Å². The molecule has 0 fully saturated rings. The van der Waals surface area contributed by atoms with Gasteiger partial charge in [-0.05, 0) is 29.7 Å². The van der Waals surface area contributed by atoms with E-state index in [9.17, 15) is 4.79 Å². The highest BCUT2D eigenvalue weighted by molar-refractivity contribution is 9.10. The minimum atomic E-state index is 0.564. The van der Waals surface area contributed by atoms with Crippen molar-refractivity contribution in [3.8, 4) is 0 Å². The van der Waals surface area contributed by atoms with Crippen molar-refractivity contribution < 1.29 is 4.79 Å². The lowest BCUT2D eigenvalue weighted by atomic mass is 10.1. The van der Waals surface area contributed by atoms with Crippen LogP contribution in [0, 0.1) is 0 Å². The normalized spacial score (nSPS) is 10.9. The van der Waals surface area contributed by atoms with Gasteiger partial charge in [0.15, 0.2) is 6.29 Å². The number of nitrogens with zero attached hydrogens (tertiary/aromatic N) is 1. The highest BCUT2D eigenvalue weighted by Crippen LogP contribution is 2.29. The fourth-order valence-corrected chi connectivity index (χ4v) is 3.35. The number of fused-ring (bicyclic) bond motifs is 1. The third kappa shape index (κ3) is 2.11. The van der Waals surface area contributed by atoms with E-state index in [0.717, 1.165) is 22.7 Å². The van der Waals surface area contributed by atoms with Gasteiger partial charge in [-0.15, -0.1) is 11.3 Å². The molecule has 0 amide bonds. The molecular formula is C13H9BrN2OS. The number of benzene rings is 1. The monoisotopic (exact) mass is 320 g/mol. The van der Waals surface area contributed by atoms with Gasteiger partial charge in [0.25, 0.3) is 0 Å². The molecule has 18 heavy (non-hydrogen) atoms.